The molecule has 0 aliphatic heterocycles. The van der Waals surface area contributed by atoms with Crippen LogP contribution in [0, 0.1) is 0 Å². The molecule has 0 aliphatic carbocycles. The molecule has 7 nitrogen and oxygen atoms in total. The van der Waals surface area contributed by atoms with Gasteiger partial charge >= 0.3 is 0 Å². The Morgan fingerprint density at radius 3 is 2.55 bits per heavy atom. The molecule has 0 radical (unpaired) electrons. The summed E-state index contributed by atoms with van der Waals surface area (Å²) in [5.74, 6) is -0.146. The third-order valence-electron chi connectivity index (χ3n) is 1.73. The van der Waals surface area contributed by atoms with Gasteiger partial charge in [-0.25, -0.2) is 4.98 Å². The standard InChI is InChI=1S/C9H9N5O2S4/c10-5(15)3-18-8-13-14-9(20-8)19-4-6(16)12-7-11-1-2-17-7/h1-2H,3-4H2,(H2,10,15)(H,11,12,16). The van der Waals surface area contributed by atoms with Crippen molar-refractivity contribution in [3.8, 4) is 0 Å². The Morgan fingerprint density at radius 1 is 1.25 bits per heavy atom. The van der Waals surface area contributed by atoms with Crippen LogP contribution in [0.1, 0.15) is 0 Å². The smallest absolute Gasteiger partial charge is 0.236 e. The Balaban J connectivity index is 1.76. The molecule has 2 rings (SSSR count). The van der Waals surface area contributed by atoms with Crippen molar-refractivity contribution in [2.24, 2.45) is 5.73 Å². The molecular formula is C9H9N5O2S4. The van der Waals surface area contributed by atoms with Gasteiger partial charge in [0.1, 0.15) is 0 Å². The number of primary amides is 1. The molecule has 2 heterocycles. The number of hydrogen-bond donors (Lipinski definition) is 2. The maximum Gasteiger partial charge on any atom is 0.236 e. The molecule has 3 N–H and O–H groups in total. The summed E-state index contributed by atoms with van der Waals surface area (Å²) in [6.07, 6.45) is 1.63. The minimum atomic E-state index is -0.401. The lowest BCUT2D eigenvalue weighted by Gasteiger charge is -1.98. The van der Waals surface area contributed by atoms with Gasteiger partial charge in [0.2, 0.25) is 11.8 Å². The summed E-state index contributed by atoms with van der Waals surface area (Å²) in [4.78, 5) is 26.2. The topological polar surface area (TPSA) is 111 Å². The van der Waals surface area contributed by atoms with E-state index in [1.54, 1.807) is 11.6 Å². The minimum Gasteiger partial charge on any atom is -0.369 e. The van der Waals surface area contributed by atoms with E-state index in [0.717, 1.165) is 0 Å². The number of nitrogens with zero attached hydrogens (tertiary/aromatic N) is 3. The normalized spacial score (nSPS) is 10.4. The highest BCUT2D eigenvalue weighted by Crippen LogP contribution is 2.28. The van der Waals surface area contributed by atoms with Crippen molar-refractivity contribution < 1.29 is 9.59 Å². The number of carbonyl (C=O) groups is 2. The van der Waals surface area contributed by atoms with Gasteiger partial charge < -0.3 is 11.1 Å². The number of anilines is 1. The largest absolute Gasteiger partial charge is 0.369 e. The number of aromatic nitrogens is 3. The third kappa shape index (κ3) is 5.07. The molecule has 0 aromatic carbocycles. The summed E-state index contributed by atoms with van der Waals surface area (Å²) in [6, 6.07) is 0. The van der Waals surface area contributed by atoms with E-state index in [4.69, 9.17) is 5.73 Å². The first-order valence-electron chi connectivity index (χ1n) is 5.20. The summed E-state index contributed by atoms with van der Waals surface area (Å²) in [5, 5.41) is 12.9. The lowest BCUT2D eigenvalue weighted by molar-refractivity contribution is -0.115. The molecule has 0 atom stereocenters. The molecule has 20 heavy (non-hydrogen) atoms. The molecule has 0 fully saturated rings. The molecule has 2 amide bonds. The van der Waals surface area contributed by atoms with Crippen LogP contribution in [-0.2, 0) is 9.59 Å². The van der Waals surface area contributed by atoms with Gasteiger partial charge in [-0.3, -0.25) is 9.59 Å². The number of thiazole rings is 1. The molecule has 0 bridgehead atoms. The number of thioether (sulfide) groups is 2. The zero-order chi connectivity index (χ0) is 14.4. The fourth-order valence-corrected chi connectivity index (χ4v) is 4.12. The van der Waals surface area contributed by atoms with E-state index in [9.17, 15) is 9.59 Å². The Labute approximate surface area is 130 Å². The zero-order valence-corrected chi connectivity index (χ0v) is 13.2. The van der Waals surface area contributed by atoms with E-state index >= 15 is 0 Å². The van der Waals surface area contributed by atoms with Gasteiger partial charge in [-0.1, -0.05) is 34.9 Å². The van der Waals surface area contributed by atoms with Gasteiger partial charge in [0.15, 0.2) is 13.8 Å². The second-order valence-electron chi connectivity index (χ2n) is 3.26. The quantitative estimate of drug-likeness (QED) is 0.726. The summed E-state index contributed by atoms with van der Waals surface area (Å²) < 4.78 is 1.33. The van der Waals surface area contributed by atoms with E-state index in [-0.39, 0.29) is 17.4 Å². The van der Waals surface area contributed by atoms with Crippen LogP contribution in [0.3, 0.4) is 0 Å². The monoisotopic (exact) mass is 347 g/mol. The summed E-state index contributed by atoms with van der Waals surface area (Å²) >= 11 is 5.21. The molecule has 0 saturated heterocycles. The van der Waals surface area contributed by atoms with E-state index in [2.05, 4.69) is 20.5 Å². The molecule has 0 aliphatic rings. The molecule has 11 heteroatoms. The highest BCUT2D eigenvalue weighted by molar-refractivity contribution is 8.03. The maximum atomic E-state index is 11.6. The van der Waals surface area contributed by atoms with Crippen molar-refractivity contribution in [2.75, 3.05) is 16.8 Å². The maximum absolute atomic E-state index is 11.6. The van der Waals surface area contributed by atoms with Gasteiger partial charge in [0.25, 0.3) is 0 Å². The fourth-order valence-electron chi connectivity index (χ4n) is 1.01. The van der Waals surface area contributed by atoms with Gasteiger partial charge in [0.05, 0.1) is 11.5 Å². The van der Waals surface area contributed by atoms with E-state index in [1.807, 2.05) is 0 Å². The average Bonchev–Trinajstić information content (AvgIpc) is 3.05. The average molecular weight is 347 g/mol. The number of hydrogen-bond acceptors (Lipinski definition) is 9. The predicted octanol–water partition coefficient (Wildman–Crippen LogP) is 1.30. The van der Waals surface area contributed by atoms with Crippen molar-refractivity contribution in [3.63, 3.8) is 0 Å². The van der Waals surface area contributed by atoms with Gasteiger partial charge in [-0.15, -0.1) is 21.5 Å². The Morgan fingerprint density at radius 2 is 1.95 bits per heavy atom. The van der Waals surface area contributed by atoms with Crippen LogP contribution in [0.2, 0.25) is 0 Å². The van der Waals surface area contributed by atoms with Crippen LogP contribution in [0.15, 0.2) is 20.3 Å². The number of nitrogens with one attached hydrogen (secondary N) is 1. The summed E-state index contributed by atoms with van der Waals surface area (Å²) in [5.41, 5.74) is 5.04. The highest BCUT2D eigenvalue weighted by Gasteiger charge is 2.10. The van der Waals surface area contributed by atoms with Crippen LogP contribution in [0.5, 0.6) is 0 Å². The number of carbonyl (C=O) groups excluding carboxylic acids is 2. The second-order valence-corrected chi connectivity index (χ2v) is 7.58. The van der Waals surface area contributed by atoms with Crippen molar-refractivity contribution in [1.82, 2.24) is 15.2 Å². The molecule has 0 unspecified atom stereocenters. The highest BCUT2D eigenvalue weighted by atomic mass is 32.2. The van der Waals surface area contributed by atoms with Crippen molar-refractivity contribution >= 4 is 63.1 Å². The molecular weight excluding hydrogens is 338 g/mol. The molecule has 106 valence electrons. The first kappa shape index (κ1) is 15.2. The number of nitrogens with two attached hydrogens (primary N) is 1. The van der Waals surface area contributed by atoms with Crippen LogP contribution in [0.4, 0.5) is 5.13 Å². The Bertz CT molecular complexity index is 585. The number of rotatable bonds is 7. The lowest BCUT2D eigenvalue weighted by Crippen LogP contribution is -2.13. The van der Waals surface area contributed by atoms with Crippen molar-refractivity contribution in [1.29, 1.82) is 0 Å². The van der Waals surface area contributed by atoms with Crippen molar-refractivity contribution in [3.05, 3.63) is 11.6 Å². The second kappa shape index (κ2) is 7.57. The van der Waals surface area contributed by atoms with E-state index < -0.39 is 5.91 Å². The molecule has 0 saturated carbocycles. The Kier molecular flexibility index (Phi) is 5.76. The Hall–Kier alpha value is -1.17. The van der Waals surface area contributed by atoms with Crippen molar-refractivity contribution in [2.45, 2.75) is 8.68 Å². The SMILES string of the molecule is NC(=O)CSc1nnc(SCC(=O)Nc2nccs2)s1. The van der Waals surface area contributed by atoms with Crippen LogP contribution >= 0.6 is 46.2 Å². The van der Waals surface area contributed by atoms with Crippen LogP contribution < -0.4 is 11.1 Å². The van der Waals surface area contributed by atoms with Gasteiger partial charge in [-0.2, -0.15) is 0 Å². The zero-order valence-electron chi connectivity index (χ0n) is 9.94. The first-order valence-corrected chi connectivity index (χ1v) is 8.87. The molecule has 0 spiro atoms. The van der Waals surface area contributed by atoms with E-state index in [1.165, 1.54) is 46.2 Å². The third-order valence-corrected chi connectivity index (χ3v) is 5.63. The van der Waals surface area contributed by atoms with Gasteiger partial charge in [-0.05, 0) is 0 Å². The number of amides is 2. The first-order chi connectivity index (χ1) is 9.63. The van der Waals surface area contributed by atoms with Crippen LogP contribution in [-0.4, -0.2) is 38.5 Å². The van der Waals surface area contributed by atoms with Gasteiger partial charge in [0, 0.05) is 11.6 Å². The summed E-state index contributed by atoms with van der Waals surface area (Å²) in [6.45, 7) is 0. The van der Waals surface area contributed by atoms with Crippen LogP contribution in [0.25, 0.3) is 0 Å². The predicted molar refractivity (Wildman–Crippen MR) is 81.3 cm³/mol. The van der Waals surface area contributed by atoms with E-state index in [0.29, 0.717) is 13.8 Å². The lowest BCUT2D eigenvalue weighted by atomic mass is 10.7. The molecule has 2 aromatic heterocycles. The molecule has 2 aromatic rings. The fraction of sp³-hybridized carbons (Fsp3) is 0.222. The minimum absolute atomic E-state index is 0.147. The summed E-state index contributed by atoms with van der Waals surface area (Å²) in [7, 11) is 0.